The molecule has 1 saturated heterocycles. The molecular weight excluding hydrogens is 288 g/mol. The largest absolute Gasteiger partial charge is 0.481 e. The Morgan fingerprint density at radius 1 is 1.19 bits per heavy atom. The van der Waals surface area contributed by atoms with E-state index in [2.05, 4.69) is 26.6 Å². The molecule has 1 N–H and O–H groups in total. The summed E-state index contributed by atoms with van der Waals surface area (Å²) >= 11 is 1.25. The average molecular weight is 312 g/mol. The number of carboxylic acid groups (broad SMARTS) is 1. The second-order valence-corrected chi connectivity index (χ2v) is 6.31. The van der Waals surface area contributed by atoms with Gasteiger partial charge in [0.15, 0.2) is 5.16 Å². The lowest BCUT2D eigenvalue weighted by Crippen LogP contribution is -2.30. The zero-order valence-electron chi connectivity index (χ0n) is 12.6. The third-order valence-electron chi connectivity index (χ3n) is 3.61. The molecule has 1 aromatic heterocycles. The zero-order valence-corrected chi connectivity index (χ0v) is 13.4. The minimum atomic E-state index is -0.821. The van der Waals surface area contributed by atoms with Crippen molar-refractivity contribution in [1.29, 1.82) is 0 Å². The van der Waals surface area contributed by atoms with Gasteiger partial charge >= 0.3 is 5.97 Å². The monoisotopic (exact) mass is 312 g/mol. The summed E-state index contributed by atoms with van der Waals surface area (Å²) in [5, 5.41) is 18.1. The van der Waals surface area contributed by atoms with Crippen LogP contribution in [0.1, 0.15) is 45.4 Å². The molecule has 0 unspecified atom stereocenters. The molecule has 1 aromatic rings. The zero-order chi connectivity index (χ0) is 15.1. The molecule has 1 aliphatic rings. The predicted molar refractivity (Wildman–Crippen MR) is 84.0 cm³/mol. The van der Waals surface area contributed by atoms with Crippen LogP contribution in [0.25, 0.3) is 0 Å². The Morgan fingerprint density at radius 3 is 2.48 bits per heavy atom. The Labute approximate surface area is 129 Å². The number of hydrogen-bond donors (Lipinski definition) is 1. The van der Waals surface area contributed by atoms with Gasteiger partial charge in [0.25, 0.3) is 0 Å². The number of thioether (sulfide) groups is 1. The second kappa shape index (κ2) is 8.26. The number of rotatable bonds is 6. The third-order valence-corrected chi connectivity index (χ3v) is 4.56. The summed E-state index contributed by atoms with van der Waals surface area (Å²) in [6.45, 7) is 4.99. The van der Waals surface area contributed by atoms with E-state index in [0.717, 1.165) is 37.2 Å². The van der Waals surface area contributed by atoms with Crippen LogP contribution in [0, 0.1) is 0 Å². The van der Waals surface area contributed by atoms with E-state index in [-0.39, 0.29) is 5.75 Å². The smallest absolute Gasteiger partial charge is 0.313 e. The molecule has 6 nitrogen and oxygen atoms in total. The van der Waals surface area contributed by atoms with Crippen molar-refractivity contribution in [2.75, 3.05) is 23.7 Å². The molecule has 21 heavy (non-hydrogen) atoms. The van der Waals surface area contributed by atoms with Gasteiger partial charge in [-0.2, -0.15) is 0 Å². The summed E-state index contributed by atoms with van der Waals surface area (Å²) in [5.74, 6) is 0.118. The van der Waals surface area contributed by atoms with E-state index in [4.69, 9.17) is 5.11 Å². The fourth-order valence-corrected chi connectivity index (χ4v) is 3.29. The van der Waals surface area contributed by atoms with Crippen molar-refractivity contribution in [3.05, 3.63) is 0 Å². The lowest BCUT2D eigenvalue weighted by atomic mass is 10.1. The van der Waals surface area contributed by atoms with E-state index in [0.29, 0.717) is 0 Å². The van der Waals surface area contributed by atoms with Crippen molar-refractivity contribution in [2.45, 2.75) is 57.1 Å². The van der Waals surface area contributed by atoms with E-state index in [9.17, 15) is 4.79 Å². The van der Waals surface area contributed by atoms with Crippen molar-refractivity contribution < 1.29 is 9.90 Å². The van der Waals surface area contributed by atoms with Crippen LogP contribution in [0.15, 0.2) is 5.16 Å². The Hall–Kier alpha value is -1.24. The average Bonchev–Trinajstić information content (AvgIpc) is 2.80. The summed E-state index contributed by atoms with van der Waals surface area (Å²) in [6, 6.07) is 0. The van der Waals surface area contributed by atoms with Gasteiger partial charge in [-0.05, 0) is 19.3 Å². The van der Waals surface area contributed by atoms with Crippen LogP contribution in [-0.4, -0.2) is 44.7 Å². The molecule has 118 valence electrons. The number of aliphatic carboxylic acids is 1. The number of carboxylic acids is 1. The van der Waals surface area contributed by atoms with Gasteiger partial charge in [0.1, 0.15) is 0 Å². The van der Waals surface area contributed by atoms with E-state index in [1.165, 1.54) is 43.9 Å². The van der Waals surface area contributed by atoms with Crippen molar-refractivity contribution in [2.24, 2.45) is 0 Å². The number of nitrogens with zero attached hydrogens (tertiary/aromatic N) is 4. The highest BCUT2D eigenvalue weighted by molar-refractivity contribution is 7.99. The summed E-state index contributed by atoms with van der Waals surface area (Å²) in [7, 11) is 0. The molecule has 0 spiro atoms. The normalized spacial score (nSPS) is 16.5. The second-order valence-electron chi connectivity index (χ2n) is 5.37. The fourth-order valence-electron chi connectivity index (χ4n) is 2.61. The molecule has 0 aliphatic carbocycles. The molecule has 0 saturated carbocycles. The van der Waals surface area contributed by atoms with Gasteiger partial charge in [0.2, 0.25) is 5.95 Å². The molecule has 2 rings (SSSR count). The number of anilines is 1. The van der Waals surface area contributed by atoms with Crippen molar-refractivity contribution in [3.8, 4) is 0 Å². The fraction of sp³-hybridized carbons (Fsp3) is 0.786. The minimum absolute atomic E-state index is 0.0296. The van der Waals surface area contributed by atoms with Gasteiger partial charge in [-0.25, -0.2) is 0 Å². The Kier molecular flexibility index (Phi) is 6.35. The predicted octanol–water partition coefficient (Wildman–Crippen LogP) is 2.64. The van der Waals surface area contributed by atoms with Gasteiger partial charge in [0.05, 0.1) is 5.75 Å². The highest BCUT2D eigenvalue weighted by Gasteiger charge is 2.19. The SMILES string of the molecule is CCCn1c(SCC(=O)O)nnc1N1CCCCCCC1. The first kappa shape index (κ1) is 16.1. The maximum absolute atomic E-state index is 10.7. The number of hydrogen-bond acceptors (Lipinski definition) is 5. The Morgan fingerprint density at radius 2 is 1.86 bits per heavy atom. The van der Waals surface area contributed by atoms with Crippen molar-refractivity contribution in [3.63, 3.8) is 0 Å². The Bertz CT molecular complexity index is 456. The first-order chi connectivity index (χ1) is 10.2. The van der Waals surface area contributed by atoms with Crippen molar-refractivity contribution in [1.82, 2.24) is 14.8 Å². The molecule has 7 heteroatoms. The highest BCUT2D eigenvalue weighted by Crippen LogP contribution is 2.24. The lowest BCUT2D eigenvalue weighted by molar-refractivity contribution is -0.133. The van der Waals surface area contributed by atoms with E-state index in [1.54, 1.807) is 0 Å². The molecule has 0 amide bonds. The van der Waals surface area contributed by atoms with Gasteiger partial charge in [-0.1, -0.05) is 37.9 Å². The number of aromatic nitrogens is 3. The summed E-state index contributed by atoms with van der Waals surface area (Å²) in [5.41, 5.74) is 0. The summed E-state index contributed by atoms with van der Waals surface area (Å²) < 4.78 is 2.08. The molecule has 1 aliphatic heterocycles. The van der Waals surface area contributed by atoms with Crippen LogP contribution in [0.5, 0.6) is 0 Å². The van der Waals surface area contributed by atoms with Gasteiger partial charge < -0.3 is 10.0 Å². The van der Waals surface area contributed by atoms with Crippen LogP contribution >= 0.6 is 11.8 Å². The topological polar surface area (TPSA) is 71.2 Å². The minimum Gasteiger partial charge on any atom is -0.481 e. The number of carbonyl (C=O) groups is 1. The summed E-state index contributed by atoms with van der Waals surface area (Å²) in [6.07, 6.45) is 7.25. The molecule has 1 fully saturated rings. The molecule has 0 bridgehead atoms. The van der Waals surface area contributed by atoms with Crippen LogP contribution in [0.2, 0.25) is 0 Å². The standard InChI is InChI=1S/C14H24N4O2S/c1-2-8-18-13(15-16-14(18)21-11-12(19)20)17-9-6-4-3-5-7-10-17/h2-11H2,1H3,(H,19,20). The van der Waals surface area contributed by atoms with Crippen LogP contribution in [0.3, 0.4) is 0 Å². The van der Waals surface area contributed by atoms with E-state index in [1.807, 2.05) is 0 Å². The van der Waals surface area contributed by atoms with Crippen LogP contribution < -0.4 is 4.90 Å². The van der Waals surface area contributed by atoms with Gasteiger partial charge in [-0.3, -0.25) is 9.36 Å². The third kappa shape index (κ3) is 4.62. The first-order valence-corrected chi connectivity index (χ1v) is 8.73. The lowest BCUT2D eigenvalue weighted by Gasteiger charge is -2.26. The molecular formula is C14H24N4O2S. The maximum atomic E-state index is 10.7. The quantitative estimate of drug-likeness (QED) is 0.814. The summed E-state index contributed by atoms with van der Waals surface area (Å²) in [4.78, 5) is 13.1. The van der Waals surface area contributed by atoms with Gasteiger partial charge in [0, 0.05) is 19.6 Å². The first-order valence-electron chi connectivity index (χ1n) is 7.75. The van der Waals surface area contributed by atoms with E-state index < -0.39 is 5.97 Å². The Balaban J connectivity index is 2.14. The van der Waals surface area contributed by atoms with Gasteiger partial charge in [-0.15, -0.1) is 10.2 Å². The molecule has 2 heterocycles. The van der Waals surface area contributed by atoms with Crippen LogP contribution in [0.4, 0.5) is 5.95 Å². The molecule has 0 atom stereocenters. The maximum Gasteiger partial charge on any atom is 0.313 e. The molecule has 0 radical (unpaired) electrons. The van der Waals surface area contributed by atoms with Crippen LogP contribution in [-0.2, 0) is 11.3 Å². The van der Waals surface area contributed by atoms with Crippen molar-refractivity contribution >= 4 is 23.7 Å². The van der Waals surface area contributed by atoms with E-state index >= 15 is 0 Å². The highest BCUT2D eigenvalue weighted by atomic mass is 32.2. The molecule has 0 aromatic carbocycles.